The number of amides is 2. The van der Waals surface area contributed by atoms with Gasteiger partial charge < -0.3 is 14.4 Å². The zero-order valence-electron chi connectivity index (χ0n) is 26.1. The van der Waals surface area contributed by atoms with Gasteiger partial charge in [-0.2, -0.15) is 0 Å². The van der Waals surface area contributed by atoms with Gasteiger partial charge in [0.25, 0.3) is 15.9 Å². The second-order valence-corrected chi connectivity index (χ2v) is 14.1. The third-order valence-corrected chi connectivity index (χ3v) is 10.4. The zero-order valence-corrected chi connectivity index (χ0v) is 27.7. The van der Waals surface area contributed by atoms with E-state index in [1.807, 2.05) is 26.0 Å². The molecular formula is C33H37ClFN3O6S. The van der Waals surface area contributed by atoms with Gasteiger partial charge in [0.15, 0.2) is 5.54 Å². The van der Waals surface area contributed by atoms with Crippen molar-refractivity contribution >= 4 is 39.1 Å². The van der Waals surface area contributed by atoms with E-state index in [4.69, 9.17) is 21.1 Å². The summed E-state index contributed by atoms with van der Waals surface area (Å²) < 4.78 is 56.3. The van der Waals surface area contributed by atoms with Crippen molar-refractivity contribution in [3.8, 4) is 11.5 Å². The number of likely N-dealkylation sites (N-methyl/N-ethyl adjacent to an activating group) is 1. The van der Waals surface area contributed by atoms with Gasteiger partial charge in [0, 0.05) is 43.7 Å². The molecule has 0 bridgehead atoms. The highest BCUT2D eigenvalue weighted by atomic mass is 35.5. The first-order chi connectivity index (χ1) is 21.3. The van der Waals surface area contributed by atoms with E-state index in [0.717, 1.165) is 9.87 Å². The number of alkyl halides is 1. The van der Waals surface area contributed by atoms with Gasteiger partial charge in [0.2, 0.25) is 5.91 Å². The van der Waals surface area contributed by atoms with Crippen LogP contribution in [0.15, 0.2) is 65.6 Å². The van der Waals surface area contributed by atoms with Crippen LogP contribution < -0.4 is 13.8 Å². The predicted molar refractivity (Wildman–Crippen MR) is 170 cm³/mol. The molecule has 240 valence electrons. The highest BCUT2D eigenvalue weighted by Crippen LogP contribution is 2.54. The number of rotatable bonds is 9. The molecule has 3 atom stereocenters. The van der Waals surface area contributed by atoms with E-state index in [1.165, 1.54) is 54.4 Å². The summed E-state index contributed by atoms with van der Waals surface area (Å²) in [5.74, 6) is -0.765. The van der Waals surface area contributed by atoms with Crippen LogP contribution in [0.25, 0.3) is 0 Å². The maximum atomic E-state index is 15.5. The van der Waals surface area contributed by atoms with Crippen molar-refractivity contribution in [2.75, 3.05) is 39.2 Å². The van der Waals surface area contributed by atoms with Gasteiger partial charge in [0.05, 0.1) is 25.9 Å². The van der Waals surface area contributed by atoms with Crippen molar-refractivity contribution in [2.45, 2.75) is 49.3 Å². The van der Waals surface area contributed by atoms with Crippen molar-refractivity contribution in [3.05, 3.63) is 82.4 Å². The molecule has 2 amide bonds. The number of sulfonamides is 1. The lowest BCUT2D eigenvalue weighted by Crippen LogP contribution is -2.59. The van der Waals surface area contributed by atoms with E-state index in [9.17, 15) is 13.2 Å². The van der Waals surface area contributed by atoms with Crippen LogP contribution in [0.1, 0.15) is 37.0 Å². The maximum Gasteiger partial charge on any atom is 0.274 e. The summed E-state index contributed by atoms with van der Waals surface area (Å²) in [6.45, 7) is 3.78. The fourth-order valence-electron chi connectivity index (χ4n) is 6.54. The third-order valence-electron chi connectivity index (χ3n) is 8.39. The Morgan fingerprint density at radius 3 is 2.42 bits per heavy atom. The first kappa shape index (κ1) is 32.7. The van der Waals surface area contributed by atoms with Gasteiger partial charge in [-0.3, -0.25) is 14.5 Å². The molecule has 0 spiro atoms. The monoisotopic (exact) mass is 657 g/mol. The van der Waals surface area contributed by atoms with Gasteiger partial charge in [-0.15, -0.1) is 0 Å². The molecule has 1 saturated heterocycles. The highest BCUT2D eigenvalue weighted by Gasteiger charge is 2.63. The third kappa shape index (κ3) is 5.34. The molecule has 45 heavy (non-hydrogen) atoms. The molecule has 3 aromatic carbocycles. The number of hydrogen-bond acceptors (Lipinski definition) is 7. The molecule has 9 nitrogen and oxygen atoms in total. The number of likely N-dealkylation sites (tertiary alicyclic amines) is 1. The van der Waals surface area contributed by atoms with Crippen LogP contribution in [0.2, 0.25) is 5.02 Å². The smallest absolute Gasteiger partial charge is 0.274 e. The van der Waals surface area contributed by atoms with Gasteiger partial charge in [-0.05, 0) is 53.8 Å². The molecular weight excluding hydrogens is 621 g/mol. The first-order valence-corrected chi connectivity index (χ1v) is 16.4. The molecule has 0 N–H and O–H groups in total. The lowest BCUT2D eigenvalue weighted by Gasteiger charge is -2.42. The van der Waals surface area contributed by atoms with Crippen LogP contribution in [0.5, 0.6) is 11.5 Å². The Morgan fingerprint density at radius 1 is 1.07 bits per heavy atom. The first-order valence-electron chi connectivity index (χ1n) is 14.6. The number of anilines is 1. The molecule has 3 aromatic rings. The van der Waals surface area contributed by atoms with Gasteiger partial charge in [-0.1, -0.05) is 49.7 Å². The number of carbonyl (C=O) groups excluding carboxylic acids is 2. The molecule has 12 heteroatoms. The fourth-order valence-corrected chi connectivity index (χ4v) is 8.32. The number of fused-ring (bicyclic) bond motifs is 1. The standard InChI is InChI=1S/C33H37ClFN3O6S/c1-20(2)15-21-9-7-8-10-25(21)33(37-19-23(35)17-28(37)31(39)36(3)4)26-16-22(34)11-13-27(26)38(32(33)40)45(41,42)30-14-12-24(43-5)18-29(30)44-6/h7-14,16,18,20,23,28H,15,17,19H2,1-6H3/t23-,28+,33?/m1/s1. The number of carbonyl (C=O) groups is 2. The van der Waals surface area contributed by atoms with E-state index in [0.29, 0.717) is 17.7 Å². The summed E-state index contributed by atoms with van der Waals surface area (Å²) >= 11 is 6.57. The van der Waals surface area contributed by atoms with Gasteiger partial charge in [-0.25, -0.2) is 17.1 Å². The Balaban J connectivity index is 1.87. The average Bonchev–Trinajstić information content (AvgIpc) is 3.51. The summed E-state index contributed by atoms with van der Waals surface area (Å²) in [7, 11) is 1.25. The molecule has 0 aromatic heterocycles. The quantitative estimate of drug-likeness (QED) is 0.318. The van der Waals surface area contributed by atoms with Crippen LogP contribution in [0.4, 0.5) is 10.1 Å². The number of methoxy groups -OCH3 is 2. The van der Waals surface area contributed by atoms with E-state index in [1.54, 1.807) is 32.3 Å². The van der Waals surface area contributed by atoms with E-state index in [-0.39, 0.29) is 45.8 Å². The SMILES string of the molecule is COc1ccc(S(=O)(=O)N2C(=O)C(c3ccccc3CC(C)C)(N3C[C@H](F)C[C@H]3C(=O)N(C)C)c3cc(Cl)ccc32)c(OC)c1. The van der Waals surface area contributed by atoms with Gasteiger partial charge in [0.1, 0.15) is 22.6 Å². The maximum absolute atomic E-state index is 15.5. The van der Waals surface area contributed by atoms with Crippen molar-refractivity contribution in [2.24, 2.45) is 5.92 Å². The summed E-state index contributed by atoms with van der Waals surface area (Å²) in [5.41, 5.74) is -0.364. The van der Waals surface area contributed by atoms with Crippen molar-refractivity contribution in [3.63, 3.8) is 0 Å². The van der Waals surface area contributed by atoms with Crippen molar-refractivity contribution < 1.29 is 31.9 Å². The number of halogens is 2. The van der Waals surface area contributed by atoms with Crippen molar-refractivity contribution in [1.29, 1.82) is 0 Å². The predicted octanol–water partition coefficient (Wildman–Crippen LogP) is 5.04. The van der Waals surface area contributed by atoms with E-state index in [2.05, 4.69) is 0 Å². The molecule has 2 aliphatic rings. The number of hydrogen-bond donors (Lipinski definition) is 0. The number of benzene rings is 3. The zero-order chi connectivity index (χ0) is 32.8. The Labute approximate surface area is 268 Å². The Hall–Kier alpha value is -3.67. The minimum Gasteiger partial charge on any atom is -0.497 e. The molecule has 1 unspecified atom stereocenters. The molecule has 0 radical (unpaired) electrons. The van der Waals surface area contributed by atoms with Crippen molar-refractivity contribution in [1.82, 2.24) is 9.80 Å². The lowest BCUT2D eigenvalue weighted by molar-refractivity contribution is -0.138. The van der Waals surface area contributed by atoms with Crippen LogP contribution in [-0.4, -0.2) is 77.1 Å². The summed E-state index contributed by atoms with van der Waals surface area (Å²) in [5, 5.41) is 0.250. The highest BCUT2D eigenvalue weighted by molar-refractivity contribution is 7.93. The normalized spacial score (nSPS) is 21.7. The Bertz CT molecular complexity index is 1750. The van der Waals surface area contributed by atoms with E-state index < -0.39 is 39.6 Å². The summed E-state index contributed by atoms with van der Waals surface area (Å²) in [4.78, 5) is 31.6. The van der Waals surface area contributed by atoms with Crippen LogP contribution >= 0.6 is 11.6 Å². The van der Waals surface area contributed by atoms with Gasteiger partial charge >= 0.3 is 0 Å². The van der Waals surface area contributed by atoms with Crippen LogP contribution in [-0.2, 0) is 31.6 Å². The Morgan fingerprint density at radius 2 is 1.78 bits per heavy atom. The summed E-state index contributed by atoms with van der Waals surface area (Å²) in [6.07, 6.45) is -1.07. The Kier molecular flexibility index (Phi) is 8.91. The number of ether oxygens (including phenoxy) is 2. The molecule has 0 saturated carbocycles. The van der Waals surface area contributed by atoms with Crippen LogP contribution in [0.3, 0.4) is 0 Å². The minimum atomic E-state index is -4.65. The topological polar surface area (TPSA) is 96.5 Å². The average molecular weight is 658 g/mol. The van der Waals surface area contributed by atoms with E-state index >= 15 is 9.18 Å². The molecule has 0 aliphatic carbocycles. The lowest BCUT2D eigenvalue weighted by atomic mass is 9.77. The molecule has 1 fully saturated rings. The second-order valence-electron chi connectivity index (χ2n) is 12.0. The largest absolute Gasteiger partial charge is 0.497 e. The number of nitrogens with zero attached hydrogens (tertiary/aromatic N) is 3. The van der Waals surface area contributed by atoms with Crippen LogP contribution in [0, 0.1) is 5.92 Å². The molecule has 2 heterocycles. The fraction of sp³-hybridized carbons (Fsp3) is 0.394. The molecule has 5 rings (SSSR count). The summed E-state index contributed by atoms with van der Waals surface area (Å²) in [6, 6.07) is 14.9. The minimum absolute atomic E-state index is 0.0268. The second kappa shape index (κ2) is 12.3. The molecule has 2 aliphatic heterocycles.